The van der Waals surface area contributed by atoms with Crippen LogP contribution in [0.2, 0.25) is 0 Å². The summed E-state index contributed by atoms with van der Waals surface area (Å²) >= 11 is 0. The number of aliphatic hydroxyl groups is 1. The molecule has 1 aromatic carbocycles. The lowest BCUT2D eigenvalue weighted by Gasteiger charge is -2.19. The largest absolute Gasteiger partial charge is 0.501 e. The highest BCUT2D eigenvalue weighted by Crippen LogP contribution is 2.44. The second-order valence-electron chi connectivity index (χ2n) is 3.82. The average molecular weight is 232 g/mol. The van der Waals surface area contributed by atoms with Crippen LogP contribution >= 0.6 is 0 Å². The van der Waals surface area contributed by atoms with E-state index < -0.39 is 28.9 Å². The first-order valence-electron chi connectivity index (χ1n) is 4.91. The topological polar surface area (TPSA) is 102 Å². The van der Waals surface area contributed by atoms with Crippen LogP contribution in [-0.2, 0) is 19.9 Å². The molecule has 0 saturated heterocycles. The van der Waals surface area contributed by atoms with Crippen molar-refractivity contribution in [2.45, 2.75) is 5.60 Å². The molecule has 1 amide bonds. The van der Waals surface area contributed by atoms with Crippen LogP contribution < -0.4 is 11.1 Å². The molecule has 1 atom stereocenters. The number of anilines is 1. The van der Waals surface area contributed by atoms with E-state index in [2.05, 4.69) is 5.32 Å². The van der Waals surface area contributed by atoms with Crippen LogP contribution in [0.4, 0.5) is 5.69 Å². The summed E-state index contributed by atoms with van der Waals surface area (Å²) in [5, 5.41) is 12.0. The molecule has 6 nitrogen and oxygen atoms in total. The number of nitrogens with two attached hydrogens (primary N) is 1. The smallest absolute Gasteiger partial charge is 0.281 e. The maximum Gasteiger partial charge on any atom is 0.281 e. The van der Waals surface area contributed by atoms with Crippen LogP contribution in [0.25, 0.3) is 0 Å². The number of hydrogen-bond acceptors (Lipinski definition) is 5. The first-order chi connectivity index (χ1) is 8.07. The molecule has 0 saturated carbocycles. The lowest BCUT2D eigenvalue weighted by Crippen LogP contribution is -2.41. The summed E-state index contributed by atoms with van der Waals surface area (Å²) in [6.07, 6.45) is 0. The minimum atomic E-state index is -1.86. The zero-order valence-electron chi connectivity index (χ0n) is 8.56. The third kappa shape index (κ3) is 0.944. The monoisotopic (exact) mass is 232 g/mol. The number of benzene rings is 1. The fourth-order valence-corrected chi connectivity index (χ4v) is 2.10. The fourth-order valence-electron chi connectivity index (χ4n) is 2.10. The van der Waals surface area contributed by atoms with Crippen molar-refractivity contribution in [1.82, 2.24) is 0 Å². The Balaban J connectivity index is 2.24. The summed E-state index contributed by atoms with van der Waals surface area (Å²) in [5.41, 5.74) is 4.34. The molecule has 86 valence electrons. The molecule has 0 aromatic heterocycles. The van der Waals surface area contributed by atoms with Crippen molar-refractivity contribution >= 4 is 17.4 Å². The number of ketones is 1. The van der Waals surface area contributed by atoms with E-state index in [1.54, 1.807) is 24.3 Å². The van der Waals surface area contributed by atoms with Crippen LogP contribution in [0.5, 0.6) is 0 Å². The van der Waals surface area contributed by atoms with E-state index in [0.717, 1.165) is 0 Å². The van der Waals surface area contributed by atoms with Gasteiger partial charge in [-0.25, -0.2) is 0 Å². The number of amides is 1. The Morgan fingerprint density at radius 3 is 2.65 bits per heavy atom. The summed E-state index contributed by atoms with van der Waals surface area (Å²) < 4.78 is 5.12. The van der Waals surface area contributed by atoms with E-state index in [1.165, 1.54) is 0 Å². The van der Waals surface area contributed by atoms with E-state index >= 15 is 0 Å². The fraction of sp³-hybridized carbons (Fsp3) is 0.0909. The predicted molar refractivity (Wildman–Crippen MR) is 56.7 cm³/mol. The molecule has 6 heteroatoms. The number of carbonyl (C=O) groups is 2. The van der Waals surface area contributed by atoms with Gasteiger partial charge >= 0.3 is 0 Å². The molecule has 0 aliphatic carbocycles. The van der Waals surface area contributed by atoms with E-state index in [0.29, 0.717) is 11.3 Å². The van der Waals surface area contributed by atoms with Crippen molar-refractivity contribution in [2.75, 3.05) is 5.32 Å². The number of nitrogens with one attached hydrogen (secondary N) is 1. The van der Waals surface area contributed by atoms with E-state index in [4.69, 9.17) is 10.5 Å². The highest BCUT2D eigenvalue weighted by Gasteiger charge is 2.61. The lowest BCUT2D eigenvalue weighted by molar-refractivity contribution is -0.145. The first-order valence-corrected chi connectivity index (χ1v) is 4.91. The minimum absolute atomic E-state index is 0.363. The normalized spacial score (nSPS) is 26.1. The Morgan fingerprint density at radius 1 is 1.29 bits per heavy atom. The van der Waals surface area contributed by atoms with E-state index in [-0.39, 0.29) is 0 Å². The number of carbonyl (C=O) groups excluding carboxylic acids is 2. The number of Topliss-reactive ketones (excluding diaryl/α,β-unsaturated/α-hetero) is 1. The lowest BCUT2D eigenvalue weighted by atomic mass is 9.91. The van der Waals surface area contributed by atoms with Gasteiger partial charge in [-0.05, 0) is 6.07 Å². The van der Waals surface area contributed by atoms with E-state index in [9.17, 15) is 14.7 Å². The van der Waals surface area contributed by atoms with Gasteiger partial charge in [-0.2, -0.15) is 0 Å². The Kier molecular flexibility index (Phi) is 1.59. The first kappa shape index (κ1) is 9.71. The van der Waals surface area contributed by atoms with Crippen molar-refractivity contribution in [2.24, 2.45) is 5.73 Å². The highest BCUT2D eigenvalue weighted by atomic mass is 16.5. The van der Waals surface area contributed by atoms with Gasteiger partial charge in [-0.1, -0.05) is 18.2 Å². The molecule has 1 unspecified atom stereocenters. The highest BCUT2D eigenvalue weighted by molar-refractivity contribution is 6.24. The Morgan fingerprint density at radius 2 is 2.00 bits per heavy atom. The van der Waals surface area contributed by atoms with Gasteiger partial charge < -0.3 is 20.9 Å². The van der Waals surface area contributed by atoms with Crippen molar-refractivity contribution in [3.63, 3.8) is 0 Å². The molecule has 4 N–H and O–H groups in total. The summed E-state index contributed by atoms with van der Waals surface area (Å²) in [6, 6.07) is 6.61. The zero-order chi connectivity index (χ0) is 12.2. The SMILES string of the molecule is NC1=C(O)C(=O)C2(O1)C(=O)Nc1ccccc12. The number of fused-ring (bicyclic) bond motifs is 2. The zero-order valence-corrected chi connectivity index (χ0v) is 8.56. The van der Waals surface area contributed by atoms with Crippen molar-refractivity contribution in [3.8, 4) is 0 Å². The number of rotatable bonds is 0. The summed E-state index contributed by atoms with van der Waals surface area (Å²) in [6.45, 7) is 0. The van der Waals surface area contributed by atoms with Gasteiger partial charge in [0, 0.05) is 11.3 Å². The standard InChI is InChI=1S/C11H8N2O4/c12-9-7(14)8(15)11(17-9)5-3-1-2-4-6(5)13-10(11)16/h1-4,14H,12H2,(H,13,16). The second-order valence-corrected chi connectivity index (χ2v) is 3.82. The Labute approximate surface area is 95.7 Å². The molecule has 3 rings (SSSR count). The number of aliphatic hydroxyl groups excluding tert-OH is 1. The van der Waals surface area contributed by atoms with Crippen LogP contribution in [-0.4, -0.2) is 16.8 Å². The third-order valence-electron chi connectivity index (χ3n) is 2.91. The molecular weight excluding hydrogens is 224 g/mol. The molecule has 17 heavy (non-hydrogen) atoms. The maximum atomic E-state index is 11.9. The molecule has 0 fully saturated rings. The van der Waals surface area contributed by atoms with Gasteiger partial charge in [0.25, 0.3) is 17.3 Å². The van der Waals surface area contributed by atoms with Crippen LogP contribution in [0, 0.1) is 0 Å². The minimum Gasteiger partial charge on any atom is -0.501 e. The van der Waals surface area contributed by atoms with E-state index in [1.807, 2.05) is 0 Å². The number of hydrogen-bond donors (Lipinski definition) is 3. The molecule has 0 bridgehead atoms. The Bertz CT molecular complexity index is 593. The van der Waals surface area contributed by atoms with Crippen LogP contribution in [0.15, 0.2) is 35.9 Å². The summed E-state index contributed by atoms with van der Waals surface area (Å²) in [7, 11) is 0. The van der Waals surface area contributed by atoms with Crippen LogP contribution in [0.3, 0.4) is 0 Å². The van der Waals surface area contributed by atoms with Crippen LogP contribution in [0.1, 0.15) is 5.56 Å². The van der Waals surface area contributed by atoms with Crippen molar-refractivity contribution < 1.29 is 19.4 Å². The summed E-state index contributed by atoms with van der Waals surface area (Å²) in [5.74, 6) is -2.62. The number of ether oxygens (including phenoxy) is 1. The van der Waals surface area contributed by atoms with Gasteiger partial charge in [0.05, 0.1) is 0 Å². The van der Waals surface area contributed by atoms with Gasteiger partial charge in [-0.15, -0.1) is 0 Å². The molecular formula is C11H8N2O4. The second kappa shape index (κ2) is 2.79. The van der Waals surface area contributed by atoms with Crippen molar-refractivity contribution in [3.05, 3.63) is 41.5 Å². The number of para-hydroxylation sites is 1. The van der Waals surface area contributed by atoms with Crippen molar-refractivity contribution in [1.29, 1.82) is 0 Å². The molecule has 2 aliphatic heterocycles. The molecule has 2 heterocycles. The molecule has 1 aromatic rings. The average Bonchev–Trinajstić information content (AvgIpc) is 2.72. The third-order valence-corrected chi connectivity index (χ3v) is 2.91. The van der Waals surface area contributed by atoms with Gasteiger partial charge in [0.15, 0.2) is 0 Å². The predicted octanol–water partition coefficient (Wildman–Crippen LogP) is 0.119. The quantitative estimate of drug-likeness (QED) is 0.551. The van der Waals surface area contributed by atoms with Gasteiger partial charge in [-0.3, -0.25) is 9.59 Å². The maximum absolute atomic E-state index is 11.9. The van der Waals surface area contributed by atoms with Gasteiger partial charge in [0.2, 0.25) is 11.6 Å². The molecule has 1 spiro atoms. The summed E-state index contributed by atoms with van der Waals surface area (Å²) in [4.78, 5) is 23.8. The van der Waals surface area contributed by atoms with Gasteiger partial charge in [0.1, 0.15) is 0 Å². The molecule has 2 aliphatic rings. The molecule has 0 radical (unpaired) electrons. The Hall–Kier alpha value is -2.50.